The average molecular weight is 441 g/mol. The van der Waals surface area contributed by atoms with Crippen LogP contribution in [-0.4, -0.2) is 46.6 Å². The fraction of sp³-hybridized carbons (Fsp3) is 0.240. The average Bonchev–Trinajstić information content (AvgIpc) is 3.31. The predicted molar refractivity (Wildman–Crippen MR) is 122 cm³/mol. The SMILES string of the molecule is O=C1Cc2cc(-c3c(-c4ccc(F)cc4)nc4c(N5CC6(COC6)C5)nccn34)ccc2N1. The van der Waals surface area contributed by atoms with Crippen LogP contribution in [0, 0.1) is 11.2 Å². The van der Waals surface area contributed by atoms with Gasteiger partial charge >= 0.3 is 0 Å². The lowest BCUT2D eigenvalue weighted by Crippen LogP contribution is -2.66. The minimum Gasteiger partial charge on any atom is -0.380 e. The number of nitrogens with zero attached hydrogens (tertiary/aromatic N) is 4. The summed E-state index contributed by atoms with van der Waals surface area (Å²) in [6.07, 6.45) is 4.06. The second-order valence-corrected chi connectivity index (χ2v) is 9.21. The molecule has 1 N–H and O–H groups in total. The Labute approximate surface area is 188 Å². The maximum atomic E-state index is 13.7. The summed E-state index contributed by atoms with van der Waals surface area (Å²) in [4.78, 5) is 23.8. The zero-order chi connectivity index (χ0) is 22.2. The number of ether oxygens (including phenoxy) is 1. The first-order valence-corrected chi connectivity index (χ1v) is 11.0. The molecule has 1 amide bonds. The Kier molecular flexibility index (Phi) is 3.76. The second kappa shape index (κ2) is 6.62. The number of benzene rings is 2. The largest absolute Gasteiger partial charge is 0.380 e. The van der Waals surface area contributed by atoms with Crippen LogP contribution in [0.2, 0.25) is 0 Å². The zero-order valence-electron chi connectivity index (χ0n) is 17.7. The molecular formula is C25H20FN5O2. The number of hydrogen-bond donors (Lipinski definition) is 1. The van der Waals surface area contributed by atoms with Gasteiger partial charge in [-0.05, 0) is 42.0 Å². The van der Waals surface area contributed by atoms with Gasteiger partial charge in [-0.3, -0.25) is 9.20 Å². The Hall–Kier alpha value is -3.78. The van der Waals surface area contributed by atoms with Gasteiger partial charge in [-0.2, -0.15) is 0 Å². The number of carbonyl (C=O) groups excluding carboxylic acids is 1. The topological polar surface area (TPSA) is 71.8 Å². The van der Waals surface area contributed by atoms with Gasteiger partial charge < -0.3 is 15.0 Å². The number of nitrogens with one attached hydrogen (secondary N) is 1. The van der Waals surface area contributed by atoms with E-state index in [1.165, 1.54) is 12.1 Å². The van der Waals surface area contributed by atoms with Crippen molar-refractivity contribution in [1.82, 2.24) is 14.4 Å². The molecule has 0 radical (unpaired) electrons. The van der Waals surface area contributed by atoms with E-state index in [-0.39, 0.29) is 17.1 Å². The number of anilines is 2. The summed E-state index contributed by atoms with van der Waals surface area (Å²) in [7, 11) is 0. The number of aromatic nitrogens is 3. The van der Waals surface area contributed by atoms with E-state index in [4.69, 9.17) is 9.72 Å². The van der Waals surface area contributed by atoms with Gasteiger partial charge in [-0.25, -0.2) is 14.4 Å². The van der Waals surface area contributed by atoms with E-state index in [1.54, 1.807) is 18.3 Å². The third kappa shape index (κ3) is 2.80. The van der Waals surface area contributed by atoms with Crippen LogP contribution in [-0.2, 0) is 16.0 Å². The number of fused-ring (bicyclic) bond motifs is 2. The first-order chi connectivity index (χ1) is 16.1. The van der Waals surface area contributed by atoms with E-state index in [0.717, 1.165) is 71.5 Å². The molecular weight excluding hydrogens is 421 g/mol. The Morgan fingerprint density at radius 1 is 1.06 bits per heavy atom. The molecule has 7 rings (SSSR count). The number of rotatable bonds is 3. The molecule has 0 saturated carbocycles. The molecule has 8 heteroatoms. The highest BCUT2D eigenvalue weighted by molar-refractivity contribution is 6.00. The fourth-order valence-electron chi connectivity index (χ4n) is 5.13. The Balaban J connectivity index is 1.41. The molecule has 0 atom stereocenters. The lowest BCUT2D eigenvalue weighted by Gasteiger charge is -2.55. The van der Waals surface area contributed by atoms with Crippen LogP contribution in [0.4, 0.5) is 15.9 Å². The molecule has 3 aliphatic rings. The molecule has 2 aromatic heterocycles. The van der Waals surface area contributed by atoms with Gasteiger partial charge in [0.15, 0.2) is 11.5 Å². The summed E-state index contributed by atoms with van der Waals surface area (Å²) in [5.74, 6) is 0.544. The maximum absolute atomic E-state index is 13.7. The number of hydrogen-bond acceptors (Lipinski definition) is 5. The van der Waals surface area contributed by atoms with Crippen molar-refractivity contribution < 1.29 is 13.9 Å². The van der Waals surface area contributed by atoms with Gasteiger partial charge in [-0.15, -0.1) is 0 Å². The highest BCUT2D eigenvalue weighted by atomic mass is 19.1. The van der Waals surface area contributed by atoms with Crippen molar-refractivity contribution in [2.45, 2.75) is 6.42 Å². The third-order valence-electron chi connectivity index (χ3n) is 6.81. The van der Waals surface area contributed by atoms with Gasteiger partial charge in [0.2, 0.25) is 5.91 Å². The quantitative estimate of drug-likeness (QED) is 0.527. The van der Waals surface area contributed by atoms with Crippen molar-refractivity contribution in [2.24, 2.45) is 5.41 Å². The molecule has 7 nitrogen and oxygen atoms in total. The molecule has 2 aromatic carbocycles. The van der Waals surface area contributed by atoms with Crippen molar-refractivity contribution in [3.05, 3.63) is 66.2 Å². The van der Waals surface area contributed by atoms with Crippen LogP contribution >= 0.6 is 0 Å². The summed E-state index contributed by atoms with van der Waals surface area (Å²) in [6, 6.07) is 12.3. The molecule has 4 aromatic rings. The lowest BCUT2D eigenvalue weighted by molar-refractivity contribution is -0.127. The molecule has 164 valence electrons. The first-order valence-electron chi connectivity index (χ1n) is 11.0. The monoisotopic (exact) mass is 441 g/mol. The van der Waals surface area contributed by atoms with Crippen LogP contribution in [0.5, 0.6) is 0 Å². The summed E-state index contributed by atoms with van der Waals surface area (Å²) in [6.45, 7) is 3.41. The molecule has 2 fully saturated rings. The van der Waals surface area contributed by atoms with Crippen LogP contribution in [0.1, 0.15) is 5.56 Å². The highest BCUT2D eigenvalue weighted by Crippen LogP contribution is 2.42. The number of halogens is 1. The van der Waals surface area contributed by atoms with Gasteiger partial charge in [0.1, 0.15) is 5.82 Å². The van der Waals surface area contributed by atoms with Crippen molar-refractivity contribution in [3.8, 4) is 22.5 Å². The summed E-state index contributed by atoms with van der Waals surface area (Å²) in [5.41, 5.74) is 6.23. The maximum Gasteiger partial charge on any atom is 0.228 e. The second-order valence-electron chi connectivity index (χ2n) is 9.21. The van der Waals surface area contributed by atoms with Gasteiger partial charge in [0.05, 0.1) is 36.4 Å². The van der Waals surface area contributed by atoms with E-state index in [9.17, 15) is 9.18 Å². The Morgan fingerprint density at radius 2 is 1.85 bits per heavy atom. The van der Waals surface area contributed by atoms with Crippen molar-refractivity contribution in [2.75, 3.05) is 36.5 Å². The van der Waals surface area contributed by atoms with Gasteiger partial charge in [-0.1, -0.05) is 6.07 Å². The summed E-state index contributed by atoms with van der Waals surface area (Å²) in [5, 5.41) is 2.89. The normalized spacial score (nSPS) is 18.2. The van der Waals surface area contributed by atoms with E-state index in [2.05, 4.69) is 19.6 Å². The molecule has 0 aliphatic carbocycles. The van der Waals surface area contributed by atoms with Gasteiger partial charge in [0, 0.05) is 42.3 Å². The minimum atomic E-state index is -0.290. The molecule has 1 spiro atoms. The van der Waals surface area contributed by atoms with Crippen molar-refractivity contribution >= 4 is 23.1 Å². The predicted octanol–water partition coefficient (Wildman–Crippen LogP) is 3.53. The number of imidazole rings is 1. The standard InChI is InChI=1S/C25H20FN5O2/c26-18-4-1-15(2-5-18)21-22(16-3-6-19-17(9-16)10-20(32)28-19)31-8-7-27-23(24(31)29-21)30-11-25(12-30)13-33-14-25/h1-9H,10-14H2,(H,28,32). The Morgan fingerprint density at radius 3 is 2.61 bits per heavy atom. The molecule has 33 heavy (non-hydrogen) atoms. The number of carbonyl (C=O) groups is 1. The molecule has 0 unspecified atom stereocenters. The highest BCUT2D eigenvalue weighted by Gasteiger charge is 2.50. The van der Waals surface area contributed by atoms with E-state index < -0.39 is 0 Å². The zero-order valence-corrected chi connectivity index (χ0v) is 17.7. The van der Waals surface area contributed by atoms with Crippen LogP contribution in [0.25, 0.3) is 28.2 Å². The van der Waals surface area contributed by atoms with Crippen LogP contribution < -0.4 is 10.2 Å². The lowest BCUT2D eigenvalue weighted by atomic mass is 9.78. The van der Waals surface area contributed by atoms with Crippen LogP contribution in [0.3, 0.4) is 0 Å². The third-order valence-corrected chi connectivity index (χ3v) is 6.81. The van der Waals surface area contributed by atoms with E-state index in [1.807, 2.05) is 24.4 Å². The molecule has 2 saturated heterocycles. The van der Waals surface area contributed by atoms with Crippen molar-refractivity contribution in [3.63, 3.8) is 0 Å². The molecule has 5 heterocycles. The fourth-order valence-corrected chi connectivity index (χ4v) is 5.13. The molecule has 3 aliphatic heterocycles. The summed E-state index contributed by atoms with van der Waals surface area (Å²) < 4.78 is 21.1. The van der Waals surface area contributed by atoms with Gasteiger partial charge in [0.25, 0.3) is 0 Å². The van der Waals surface area contributed by atoms with Crippen molar-refractivity contribution in [1.29, 1.82) is 0 Å². The number of amides is 1. The first kappa shape index (κ1) is 18.8. The molecule has 0 bridgehead atoms. The van der Waals surface area contributed by atoms with Crippen LogP contribution in [0.15, 0.2) is 54.9 Å². The van der Waals surface area contributed by atoms with E-state index >= 15 is 0 Å². The summed E-state index contributed by atoms with van der Waals surface area (Å²) >= 11 is 0. The Bertz CT molecular complexity index is 1430. The minimum absolute atomic E-state index is 0.00257. The smallest absolute Gasteiger partial charge is 0.228 e. The van der Waals surface area contributed by atoms with E-state index in [0.29, 0.717) is 6.42 Å².